The van der Waals surface area contributed by atoms with Crippen LogP contribution in [-0.2, 0) is 9.59 Å². The van der Waals surface area contributed by atoms with Crippen LogP contribution < -0.4 is 15.5 Å². The number of amides is 2. The summed E-state index contributed by atoms with van der Waals surface area (Å²) in [6.45, 7) is 4.85. The summed E-state index contributed by atoms with van der Waals surface area (Å²) in [4.78, 5) is 38.5. The first kappa shape index (κ1) is 29.0. The second-order valence-corrected chi connectivity index (χ2v) is 10.2. The molecule has 14 heteroatoms. The molecule has 9 nitrogen and oxygen atoms in total. The first-order valence-corrected chi connectivity index (χ1v) is 12.8. The Morgan fingerprint density at radius 3 is 2.32 bits per heavy atom. The Bertz CT molecular complexity index is 1100. The van der Waals surface area contributed by atoms with Crippen molar-refractivity contribution in [2.45, 2.75) is 37.5 Å². The molecule has 1 atom stereocenters. The summed E-state index contributed by atoms with van der Waals surface area (Å²) in [5, 5.41) is 13.1. The van der Waals surface area contributed by atoms with Crippen molar-refractivity contribution in [3.05, 3.63) is 51.3 Å². The number of likely N-dealkylation sites (tertiary alicyclic amines) is 1. The number of piperidine rings is 1. The van der Waals surface area contributed by atoms with Crippen LogP contribution in [0.4, 0.5) is 18.9 Å². The maximum Gasteiger partial charge on any atom is 0.490 e. The van der Waals surface area contributed by atoms with Gasteiger partial charge in [0.1, 0.15) is 5.54 Å². The number of benzene rings is 1. The van der Waals surface area contributed by atoms with Gasteiger partial charge in [-0.25, -0.2) is 4.79 Å². The predicted molar refractivity (Wildman–Crippen MR) is 135 cm³/mol. The number of furan rings is 1. The fourth-order valence-corrected chi connectivity index (χ4v) is 4.90. The van der Waals surface area contributed by atoms with Crippen LogP contribution >= 0.6 is 31.9 Å². The fourth-order valence-electron chi connectivity index (χ4n) is 4.32. The number of hydrogen-bond donors (Lipinski definition) is 3. The topological polar surface area (TPSA) is 115 Å². The molecular formula is C23H25Br2F3N4O5. The molecule has 3 heterocycles. The lowest BCUT2D eigenvalue weighted by Gasteiger charge is -2.43. The molecule has 0 saturated carbocycles. The highest BCUT2D eigenvalue weighted by molar-refractivity contribution is 9.13. The van der Waals surface area contributed by atoms with Crippen LogP contribution in [0.25, 0.3) is 0 Å². The highest BCUT2D eigenvalue weighted by Crippen LogP contribution is 2.36. The molecule has 0 aliphatic carbocycles. The highest BCUT2D eigenvalue weighted by Gasteiger charge is 2.50. The SMILES string of the molecule is C[C@H](CN1CCC2(CC1)C(=O)NCN2c1ccccc1)NC(=O)c1cc(Br)c(Br)o1.O=C(O)C(F)(F)F. The van der Waals surface area contributed by atoms with Gasteiger partial charge < -0.3 is 30.0 Å². The van der Waals surface area contributed by atoms with Gasteiger partial charge in [-0.2, -0.15) is 13.2 Å². The van der Waals surface area contributed by atoms with E-state index in [-0.39, 0.29) is 23.6 Å². The third kappa shape index (κ3) is 7.05. The Morgan fingerprint density at radius 2 is 1.81 bits per heavy atom. The number of rotatable bonds is 5. The van der Waals surface area contributed by atoms with E-state index in [1.54, 1.807) is 6.07 Å². The minimum absolute atomic E-state index is 0.0446. The van der Waals surface area contributed by atoms with Crippen LogP contribution in [0.15, 0.2) is 50.0 Å². The number of alkyl halides is 3. The Hall–Kier alpha value is -2.58. The molecule has 2 fully saturated rings. The van der Waals surface area contributed by atoms with Gasteiger partial charge in [0.15, 0.2) is 10.4 Å². The zero-order valence-corrected chi connectivity index (χ0v) is 22.8. The van der Waals surface area contributed by atoms with Gasteiger partial charge in [-0.1, -0.05) is 18.2 Å². The molecule has 0 bridgehead atoms. The summed E-state index contributed by atoms with van der Waals surface area (Å²) in [6, 6.07) is 11.7. The number of carboxylic acids is 1. The molecule has 2 aliphatic rings. The molecule has 3 N–H and O–H groups in total. The number of halogens is 5. The van der Waals surface area contributed by atoms with Crippen LogP contribution in [0.5, 0.6) is 0 Å². The van der Waals surface area contributed by atoms with Crippen LogP contribution in [0, 0.1) is 0 Å². The molecule has 1 spiro atoms. The van der Waals surface area contributed by atoms with Gasteiger partial charge in [-0.15, -0.1) is 0 Å². The fraction of sp³-hybridized carbons (Fsp3) is 0.435. The van der Waals surface area contributed by atoms with E-state index in [2.05, 4.69) is 64.4 Å². The average Bonchev–Trinajstić information content (AvgIpc) is 3.34. The monoisotopic (exact) mass is 652 g/mol. The van der Waals surface area contributed by atoms with Gasteiger partial charge in [0.05, 0.1) is 11.1 Å². The van der Waals surface area contributed by atoms with E-state index < -0.39 is 17.7 Å². The van der Waals surface area contributed by atoms with E-state index >= 15 is 0 Å². The zero-order chi connectivity index (χ0) is 27.4. The molecule has 202 valence electrons. The van der Waals surface area contributed by atoms with Gasteiger partial charge in [-0.05, 0) is 63.8 Å². The van der Waals surface area contributed by atoms with Gasteiger partial charge in [0.2, 0.25) is 5.91 Å². The van der Waals surface area contributed by atoms with E-state index in [4.69, 9.17) is 14.3 Å². The van der Waals surface area contributed by atoms with Gasteiger partial charge in [0, 0.05) is 37.4 Å². The van der Waals surface area contributed by atoms with Crippen molar-refractivity contribution in [2.24, 2.45) is 0 Å². The number of carbonyl (C=O) groups is 3. The van der Waals surface area contributed by atoms with Crippen molar-refractivity contribution in [1.29, 1.82) is 0 Å². The average molecular weight is 654 g/mol. The molecule has 2 aliphatic heterocycles. The minimum atomic E-state index is -5.08. The summed E-state index contributed by atoms with van der Waals surface area (Å²) < 4.78 is 38.3. The van der Waals surface area contributed by atoms with Crippen LogP contribution in [0.1, 0.15) is 30.3 Å². The van der Waals surface area contributed by atoms with E-state index in [0.29, 0.717) is 15.8 Å². The third-order valence-corrected chi connectivity index (χ3v) is 7.82. The van der Waals surface area contributed by atoms with Crippen molar-refractivity contribution < 1.29 is 37.1 Å². The van der Waals surface area contributed by atoms with E-state index in [9.17, 15) is 22.8 Å². The molecule has 0 unspecified atom stereocenters. The lowest BCUT2D eigenvalue weighted by atomic mass is 9.85. The largest absolute Gasteiger partial charge is 0.490 e. The molecular weight excluding hydrogens is 629 g/mol. The molecule has 1 aromatic heterocycles. The van der Waals surface area contributed by atoms with Gasteiger partial charge in [-0.3, -0.25) is 9.59 Å². The number of nitrogens with one attached hydrogen (secondary N) is 2. The molecule has 4 rings (SSSR count). The molecule has 2 amide bonds. The number of carboxylic acid groups (broad SMARTS) is 1. The second kappa shape index (κ2) is 11.9. The number of hydrogen-bond acceptors (Lipinski definition) is 6. The lowest BCUT2D eigenvalue weighted by molar-refractivity contribution is -0.192. The van der Waals surface area contributed by atoms with Crippen molar-refractivity contribution in [2.75, 3.05) is 31.2 Å². The summed E-state index contributed by atoms with van der Waals surface area (Å²) in [7, 11) is 0. The smallest absolute Gasteiger partial charge is 0.475 e. The van der Waals surface area contributed by atoms with Crippen LogP contribution in [-0.4, -0.2) is 71.9 Å². The maximum atomic E-state index is 12.7. The van der Waals surface area contributed by atoms with E-state index in [1.165, 1.54) is 0 Å². The van der Waals surface area contributed by atoms with Crippen molar-refractivity contribution in [3.63, 3.8) is 0 Å². The van der Waals surface area contributed by atoms with Crippen LogP contribution in [0.3, 0.4) is 0 Å². The lowest BCUT2D eigenvalue weighted by Crippen LogP contribution is -2.57. The maximum absolute atomic E-state index is 12.7. The molecule has 0 radical (unpaired) electrons. The Morgan fingerprint density at radius 1 is 1.22 bits per heavy atom. The number of anilines is 1. The Kier molecular flexibility index (Phi) is 9.29. The van der Waals surface area contributed by atoms with E-state index in [1.807, 2.05) is 25.1 Å². The Balaban J connectivity index is 0.000000479. The third-order valence-electron chi connectivity index (χ3n) is 6.11. The number of para-hydroxylation sites is 1. The van der Waals surface area contributed by atoms with E-state index in [0.717, 1.165) is 38.2 Å². The quantitative estimate of drug-likeness (QED) is 0.447. The standard InChI is InChI=1S/C21H24Br2N4O3.C2HF3O2/c1-14(25-19(28)17-11-16(22)18(23)30-17)12-26-9-7-21(8-10-26)20(29)24-13-27(21)15-5-3-2-4-6-15;3-2(4,5)1(6)7/h2-6,11,14H,7-10,12-13H2,1H3,(H,24,29)(H,25,28);(H,6,7)/t14-;/m1./s1. The molecule has 37 heavy (non-hydrogen) atoms. The molecule has 1 aromatic carbocycles. The summed E-state index contributed by atoms with van der Waals surface area (Å²) >= 11 is 6.57. The van der Waals surface area contributed by atoms with Gasteiger partial charge in [0.25, 0.3) is 5.91 Å². The van der Waals surface area contributed by atoms with Gasteiger partial charge >= 0.3 is 12.1 Å². The first-order valence-electron chi connectivity index (χ1n) is 11.2. The summed E-state index contributed by atoms with van der Waals surface area (Å²) in [5.41, 5.74) is 0.581. The number of aliphatic carboxylic acids is 1. The first-order chi connectivity index (χ1) is 17.3. The molecule has 2 aromatic rings. The molecule has 2 saturated heterocycles. The highest BCUT2D eigenvalue weighted by atomic mass is 79.9. The predicted octanol–water partition coefficient (Wildman–Crippen LogP) is 3.98. The normalized spacial score (nSPS) is 18.1. The summed E-state index contributed by atoms with van der Waals surface area (Å²) in [5.74, 6) is -2.62. The Labute approximate surface area is 227 Å². The number of carbonyl (C=O) groups excluding carboxylic acids is 2. The van der Waals surface area contributed by atoms with Crippen molar-refractivity contribution in [1.82, 2.24) is 15.5 Å². The minimum Gasteiger partial charge on any atom is -0.475 e. The second-order valence-electron chi connectivity index (χ2n) is 8.67. The number of nitrogens with zero attached hydrogens (tertiary/aromatic N) is 2. The van der Waals surface area contributed by atoms with Crippen molar-refractivity contribution in [3.8, 4) is 0 Å². The van der Waals surface area contributed by atoms with Crippen LogP contribution in [0.2, 0.25) is 0 Å². The summed E-state index contributed by atoms with van der Waals surface area (Å²) in [6.07, 6.45) is -3.57. The van der Waals surface area contributed by atoms with Crippen molar-refractivity contribution >= 4 is 55.3 Å². The zero-order valence-electron chi connectivity index (χ0n) is 19.6.